The molecular formula is C10H11F3N2O5. The molecule has 1 aliphatic heterocycles. The van der Waals surface area contributed by atoms with E-state index in [2.05, 4.69) is 0 Å². The van der Waals surface area contributed by atoms with Gasteiger partial charge in [0.1, 0.15) is 17.9 Å². The molecular weight excluding hydrogens is 285 g/mol. The number of H-pyrrole nitrogens is 1. The van der Waals surface area contributed by atoms with Gasteiger partial charge in [0.25, 0.3) is 5.56 Å². The highest BCUT2D eigenvalue weighted by atomic mass is 19.4. The van der Waals surface area contributed by atoms with Crippen LogP contribution in [0.2, 0.25) is 0 Å². The van der Waals surface area contributed by atoms with Gasteiger partial charge in [-0.3, -0.25) is 14.3 Å². The third-order valence-electron chi connectivity index (χ3n) is 2.97. The van der Waals surface area contributed by atoms with Crippen LogP contribution in [0.5, 0.6) is 0 Å². The topological polar surface area (TPSA) is 105 Å². The van der Waals surface area contributed by atoms with E-state index in [9.17, 15) is 27.9 Å². The molecule has 112 valence electrons. The molecule has 1 saturated heterocycles. The number of ether oxygens (including phenoxy) is 1. The molecule has 0 radical (unpaired) electrons. The van der Waals surface area contributed by atoms with Crippen LogP contribution in [0.3, 0.4) is 0 Å². The molecule has 2 rings (SSSR count). The monoisotopic (exact) mass is 296 g/mol. The standard InChI is InChI=1S/C10H11F3N2O5/c11-10(12,13)4-2-15(9(19)14-8(4)18)7-1-5(17)6(3-16)20-7/h2,5-7,16-17H,1,3H2,(H,14,18,19)/t5?,6-,7-/m1/s1. The minimum absolute atomic E-state index is 0.172. The normalized spacial score (nSPS) is 26.9. The summed E-state index contributed by atoms with van der Waals surface area (Å²) in [4.78, 5) is 24.2. The molecule has 0 amide bonds. The fourth-order valence-electron chi connectivity index (χ4n) is 1.95. The van der Waals surface area contributed by atoms with E-state index < -0.39 is 48.0 Å². The Labute approximate surface area is 109 Å². The van der Waals surface area contributed by atoms with E-state index in [0.717, 1.165) is 0 Å². The Morgan fingerprint density at radius 1 is 1.45 bits per heavy atom. The maximum absolute atomic E-state index is 12.6. The fourth-order valence-corrected chi connectivity index (χ4v) is 1.95. The summed E-state index contributed by atoms with van der Waals surface area (Å²) in [6.45, 7) is -0.540. The van der Waals surface area contributed by atoms with Crippen LogP contribution in [-0.4, -0.2) is 38.6 Å². The average Bonchev–Trinajstić information content (AvgIpc) is 2.68. The van der Waals surface area contributed by atoms with E-state index in [1.54, 1.807) is 4.98 Å². The third-order valence-corrected chi connectivity index (χ3v) is 2.97. The predicted molar refractivity (Wildman–Crippen MR) is 57.9 cm³/mol. The van der Waals surface area contributed by atoms with Crippen molar-refractivity contribution in [2.45, 2.75) is 31.0 Å². The number of halogens is 3. The quantitative estimate of drug-likeness (QED) is 0.662. The van der Waals surface area contributed by atoms with Gasteiger partial charge in [0, 0.05) is 12.6 Å². The van der Waals surface area contributed by atoms with E-state index in [1.807, 2.05) is 0 Å². The molecule has 1 aliphatic rings. The number of nitrogens with one attached hydrogen (secondary N) is 1. The number of hydrogen-bond acceptors (Lipinski definition) is 5. The van der Waals surface area contributed by atoms with E-state index in [0.29, 0.717) is 10.8 Å². The van der Waals surface area contributed by atoms with Crippen molar-refractivity contribution in [3.05, 3.63) is 32.6 Å². The lowest BCUT2D eigenvalue weighted by Gasteiger charge is -2.16. The van der Waals surface area contributed by atoms with Gasteiger partial charge in [-0.25, -0.2) is 4.79 Å². The molecule has 2 heterocycles. The maximum Gasteiger partial charge on any atom is 0.423 e. The molecule has 1 fully saturated rings. The minimum Gasteiger partial charge on any atom is -0.394 e. The van der Waals surface area contributed by atoms with Gasteiger partial charge in [0.15, 0.2) is 0 Å². The zero-order valence-corrected chi connectivity index (χ0v) is 9.92. The van der Waals surface area contributed by atoms with Gasteiger partial charge in [0.05, 0.1) is 12.7 Å². The molecule has 0 spiro atoms. The van der Waals surface area contributed by atoms with Crippen LogP contribution >= 0.6 is 0 Å². The second kappa shape index (κ2) is 5.04. The first-order chi connectivity index (χ1) is 9.24. The smallest absolute Gasteiger partial charge is 0.394 e. The Hall–Kier alpha value is -1.65. The Morgan fingerprint density at radius 3 is 2.60 bits per heavy atom. The van der Waals surface area contributed by atoms with Crippen LogP contribution in [0.15, 0.2) is 15.8 Å². The summed E-state index contributed by atoms with van der Waals surface area (Å²) in [6.07, 6.45) is -8.04. The maximum atomic E-state index is 12.6. The number of alkyl halides is 3. The highest BCUT2D eigenvalue weighted by Crippen LogP contribution is 2.30. The van der Waals surface area contributed by atoms with Crippen LogP contribution in [-0.2, 0) is 10.9 Å². The molecule has 0 saturated carbocycles. The fraction of sp³-hybridized carbons (Fsp3) is 0.600. The summed E-state index contributed by atoms with van der Waals surface area (Å²) in [5, 5.41) is 18.4. The first kappa shape index (κ1) is 14.8. The number of aliphatic hydroxyl groups is 2. The highest BCUT2D eigenvalue weighted by molar-refractivity contribution is 5.09. The first-order valence-corrected chi connectivity index (χ1v) is 5.61. The number of rotatable bonds is 2. The molecule has 1 unspecified atom stereocenters. The van der Waals surface area contributed by atoms with Crippen molar-refractivity contribution in [2.75, 3.05) is 6.61 Å². The highest BCUT2D eigenvalue weighted by Gasteiger charge is 2.38. The van der Waals surface area contributed by atoms with Gasteiger partial charge in [0.2, 0.25) is 0 Å². The van der Waals surface area contributed by atoms with Gasteiger partial charge in [-0.2, -0.15) is 13.2 Å². The van der Waals surface area contributed by atoms with E-state index in [-0.39, 0.29) is 6.42 Å². The molecule has 3 atom stereocenters. The molecule has 1 aromatic rings. The molecule has 10 heteroatoms. The number of aromatic nitrogens is 2. The van der Waals surface area contributed by atoms with Crippen molar-refractivity contribution in [1.29, 1.82) is 0 Å². The predicted octanol–water partition coefficient (Wildman–Crippen LogP) is -0.804. The van der Waals surface area contributed by atoms with Gasteiger partial charge in [-0.05, 0) is 0 Å². The molecule has 20 heavy (non-hydrogen) atoms. The summed E-state index contributed by atoms with van der Waals surface area (Å²) in [7, 11) is 0. The third kappa shape index (κ3) is 2.62. The number of aliphatic hydroxyl groups excluding tert-OH is 2. The molecule has 0 bridgehead atoms. The summed E-state index contributed by atoms with van der Waals surface area (Å²) in [5.74, 6) is 0. The molecule has 1 aromatic heterocycles. The zero-order valence-electron chi connectivity index (χ0n) is 9.92. The second-order valence-electron chi connectivity index (χ2n) is 4.32. The Bertz CT molecular complexity index is 608. The number of aromatic amines is 1. The van der Waals surface area contributed by atoms with Gasteiger partial charge < -0.3 is 14.9 Å². The number of hydrogen-bond donors (Lipinski definition) is 3. The Balaban J connectivity index is 2.43. The van der Waals surface area contributed by atoms with Crippen molar-refractivity contribution in [3.8, 4) is 0 Å². The summed E-state index contributed by atoms with van der Waals surface area (Å²) >= 11 is 0. The lowest BCUT2D eigenvalue weighted by atomic mass is 10.2. The van der Waals surface area contributed by atoms with Crippen LogP contribution in [0.25, 0.3) is 0 Å². The molecule has 0 aromatic carbocycles. The van der Waals surface area contributed by atoms with Crippen LogP contribution in [0.4, 0.5) is 13.2 Å². The molecule has 3 N–H and O–H groups in total. The molecule has 7 nitrogen and oxygen atoms in total. The van der Waals surface area contributed by atoms with E-state index in [4.69, 9.17) is 9.84 Å². The van der Waals surface area contributed by atoms with Crippen molar-refractivity contribution in [3.63, 3.8) is 0 Å². The lowest BCUT2D eigenvalue weighted by molar-refractivity contribution is -0.139. The van der Waals surface area contributed by atoms with E-state index >= 15 is 0 Å². The SMILES string of the molecule is O=c1[nH]c(=O)n([C@H]2CC(O)[C@@H](CO)O2)cc1C(F)(F)F. The second-order valence-corrected chi connectivity index (χ2v) is 4.32. The van der Waals surface area contributed by atoms with Crippen molar-refractivity contribution in [2.24, 2.45) is 0 Å². The average molecular weight is 296 g/mol. The lowest BCUT2D eigenvalue weighted by Crippen LogP contribution is -2.36. The summed E-state index contributed by atoms with van der Waals surface area (Å²) < 4.78 is 43.4. The van der Waals surface area contributed by atoms with Crippen molar-refractivity contribution in [1.82, 2.24) is 9.55 Å². The van der Waals surface area contributed by atoms with Crippen LogP contribution in [0, 0.1) is 0 Å². The minimum atomic E-state index is -4.92. The number of nitrogens with zero attached hydrogens (tertiary/aromatic N) is 1. The Kier molecular flexibility index (Phi) is 3.71. The zero-order chi connectivity index (χ0) is 15.1. The Morgan fingerprint density at radius 2 is 2.10 bits per heavy atom. The van der Waals surface area contributed by atoms with Gasteiger partial charge >= 0.3 is 11.9 Å². The van der Waals surface area contributed by atoms with Crippen LogP contribution < -0.4 is 11.2 Å². The van der Waals surface area contributed by atoms with Crippen LogP contribution in [0.1, 0.15) is 18.2 Å². The molecule has 0 aliphatic carbocycles. The van der Waals surface area contributed by atoms with Crippen molar-refractivity contribution < 1.29 is 28.1 Å². The summed E-state index contributed by atoms with van der Waals surface area (Å²) in [6, 6.07) is 0. The van der Waals surface area contributed by atoms with E-state index in [1.165, 1.54) is 0 Å². The largest absolute Gasteiger partial charge is 0.423 e. The van der Waals surface area contributed by atoms with Crippen molar-refractivity contribution >= 4 is 0 Å². The van der Waals surface area contributed by atoms with Gasteiger partial charge in [-0.1, -0.05) is 0 Å². The summed E-state index contributed by atoms with van der Waals surface area (Å²) in [5.41, 5.74) is -4.17. The first-order valence-electron chi connectivity index (χ1n) is 5.61. The van der Waals surface area contributed by atoms with Gasteiger partial charge in [-0.15, -0.1) is 0 Å².